The fourth-order valence-electron chi connectivity index (χ4n) is 0.655. The van der Waals surface area contributed by atoms with E-state index in [0.717, 1.165) is 12.8 Å². The molecule has 0 unspecified atom stereocenters. The van der Waals surface area contributed by atoms with Crippen LogP contribution in [0.1, 0.15) is 12.8 Å². The molecule has 0 bridgehead atoms. The fourth-order valence-corrected chi connectivity index (χ4v) is 0.655. The van der Waals surface area contributed by atoms with E-state index in [1.165, 1.54) is 0 Å². The number of halogens is 3. The maximum atomic E-state index is 11.8. The Balaban J connectivity index is 2.19. The van der Waals surface area contributed by atoms with Gasteiger partial charge in [0.1, 0.15) is 0 Å². The third kappa shape index (κ3) is 2.93. The second-order valence-electron chi connectivity index (χ2n) is 2.76. The van der Waals surface area contributed by atoms with Crippen molar-refractivity contribution in [1.29, 1.82) is 0 Å². The quantitative estimate of drug-likeness (QED) is 0.629. The Morgan fingerprint density at radius 2 is 2.00 bits per heavy atom. The third-order valence-corrected chi connectivity index (χ3v) is 1.58. The Kier molecular flexibility index (Phi) is 2.23. The van der Waals surface area contributed by atoms with Crippen molar-refractivity contribution in [3.8, 4) is 0 Å². The van der Waals surface area contributed by atoms with Crippen LogP contribution in [-0.4, -0.2) is 18.8 Å². The SMILES string of the molecule is C=C(CNC1CC1)C(F)(F)F. The molecule has 11 heavy (non-hydrogen) atoms. The molecule has 1 N–H and O–H groups in total. The van der Waals surface area contributed by atoms with Gasteiger partial charge in [-0.1, -0.05) is 6.58 Å². The van der Waals surface area contributed by atoms with Crippen molar-refractivity contribution in [3.63, 3.8) is 0 Å². The number of alkyl halides is 3. The molecule has 0 spiro atoms. The molecule has 0 aromatic heterocycles. The van der Waals surface area contributed by atoms with Crippen LogP contribution in [0.4, 0.5) is 13.2 Å². The van der Waals surface area contributed by atoms with Gasteiger partial charge in [-0.25, -0.2) is 0 Å². The molecule has 1 aliphatic carbocycles. The number of hydrogen-bond donors (Lipinski definition) is 1. The van der Waals surface area contributed by atoms with Crippen LogP contribution in [0.2, 0.25) is 0 Å². The predicted molar refractivity (Wildman–Crippen MR) is 36.2 cm³/mol. The molecule has 1 rings (SSSR count). The Labute approximate surface area is 63.3 Å². The summed E-state index contributed by atoms with van der Waals surface area (Å²) in [7, 11) is 0. The molecule has 0 atom stereocenters. The van der Waals surface area contributed by atoms with Crippen LogP contribution in [-0.2, 0) is 0 Å². The maximum absolute atomic E-state index is 11.8. The average molecular weight is 165 g/mol. The molecule has 1 nitrogen and oxygen atoms in total. The smallest absolute Gasteiger partial charge is 0.310 e. The summed E-state index contributed by atoms with van der Waals surface area (Å²) in [6.45, 7) is 2.81. The van der Waals surface area contributed by atoms with Crippen LogP contribution < -0.4 is 5.32 Å². The molecule has 0 radical (unpaired) electrons. The Morgan fingerprint density at radius 1 is 1.45 bits per heavy atom. The van der Waals surface area contributed by atoms with Crippen LogP contribution in [0, 0.1) is 0 Å². The third-order valence-electron chi connectivity index (χ3n) is 1.58. The van der Waals surface area contributed by atoms with Gasteiger partial charge in [-0.05, 0) is 12.8 Å². The standard InChI is InChI=1S/C7H10F3N/c1-5(7(8,9)10)4-11-6-2-3-6/h6,11H,1-4H2. The lowest BCUT2D eigenvalue weighted by Gasteiger charge is -2.09. The number of hydrogen-bond acceptors (Lipinski definition) is 1. The van der Waals surface area contributed by atoms with Crippen LogP contribution in [0.3, 0.4) is 0 Å². The summed E-state index contributed by atoms with van der Waals surface area (Å²) < 4.78 is 35.3. The van der Waals surface area contributed by atoms with E-state index in [4.69, 9.17) is 0 Å². The highest BCUT2D eigenvalue weighted by molar-refractivity contribution is 5.05. The van der Waals surface area contributed by atoms with Gasteiger partial charge in [0.15, 0.2) is 0 Å². The normalized spacial score (nSPS) is 18.5. The van der Waals surface area contributed by atoms with E-state index >= 15 is 0 Å². The molecular weight excluding hydrogens is 155 g/mol. The van der Waals surface area contributed by atoms with E-state index in [9.17, 15) is 13.2 Å². The molecule has 0 heterocycles. The van der Waals surface area contributed by atoms with Crippen LogP contribution >= 0.6 is 0 Å². The topological polar surface area (TPSA) is 12.0 Å². The zero-order valence-corrected chi connectivity index (χ0v) is 6.04. The summed E-state index contributed by atoms with van der Waals surface area (Å²) in [4.78, 5) is 0. The molecule has 0 aromatic carbocycles. The Hall–Kier alpha value is -0.510. The first-order valence-corrected chi connectivity index (χ1v) is 3.48. The lowest BCUT2D eigenvalue weighted by Crippen LogP contribution is -2.25. The van der Waals surface area contributed by atoms with Gasteiger partial charge in [0.25, 0.3) is 0 Å². The van der Waals surface area contributed by atoms with Crippen molar-refractivity contribution in [2.45, 2.75) is 25.1 Å². The van der Waals surface area contributed by atoms with Gasteiger partial charge in [-0.2, -0.15) is 13.2 Å². The monoisotopic (exact) mass is 165 g/mol. The minimum absolute atomic E-state index is 0.131. The van der Waals surface area contributed by atoms with E-state index in [-0.39, 0.29) is 6.54 Å². The molecule has 1 saturated carbocycles. The van der Waals surface area contributed by atoms with E-state index in [2.05, 4.69) is 11.9 Å². The molecule has 1 fully saturated rings. The van der Waals surface area contributed by atoms with Gasteiger partial charge in [0.2, 0.25) is 0 Å². The second-order valence-corrected chi connectivity index (χ2v) is 2.76. The van der Waals surface area contributed by atoms with Crippen molar-refractivity contribution in [2.75, 3.05) is 6.54 Å². The minimum atomic E-state index is -4.23. The largest absolute Gasteiger partial charge is 0.413 e. The maximum Gasteiger partial charge on any atom is 0.413 e. The average Bonchev–Trinajstić information content (AvgIpc) is 2.62. The minimum Gasteiger partial charge on any atom is -0.310 e. The highest BCUT2D eigenvalue weighted by atomic mass is 19.4. The first-order chi connectivity index (χ1) is 5.00. The van der Waals surface area contributed by atoms with Crippen LogP contribution in [0.25, 0.3) is 0 Å². The number of rotatable bonds is 3. The molecule has 0 aromatic rings. The molecular formula is C7H10F3N. The van der Waals surface area contributed by atoms with Crippen molar-refractivity contribution in [3.05, 3.63) is 12.2 Å². The molecule has 0 amide bonds. The predicted octanol–water partition coefficient (Wildman–Crippen LogP) is 1.86. The van der Waals surface area contributed by atoms with Gasteiger partial charge in [0.05, 0.1) is 0 Å². The van der Waals surface area contributed by atoms with E-state index < -0.39 is 11.7 Å². The zero-order valence-electron chi connectivity index (χ0n) is 6.04. The van der Waals surface area contributed by atoms with Gasteiger partial charge in [0, 0.05) is 18.2 Å². The van der Waals surface area contributed by atoms with Gasteiger partial charge < -0.3 is 5.32 Å². The highest BCUT2D eigenvalue weighted by Crippen LogP contribution is 2.25. The molecule has 64 valence electrons. The Bertz CT molecular complexity index is 158. The fraction of sp³-hybridized carbons (Fsp3) is 0.714. The van der Waals surface area contributed by atoms with Crippen molar-refractivity contribution in [1.82, 2.24) is 5.32 Å². The lowest BCUT2D eigenvalue weighted by atomic mass is 10.3. The van der Waals surface area contributed by atoms with Crippen molar-refractivity contribution in [2.24, 2.45) is 0 Å². The summed E-state index contributed by atoms with van der Waals surface area (Å²) in [6.07, 6.45) is -2.25. The van der Waals surface area contributed by atoms with E-state index in [1.54, 1.807) is 0 Å². The summed E-state index contributed by atoms with van der Waals surface area (Å²) in [5, 5.41) is 2.74. The van der Waals surface area contributed by atoms with Crippen LogP contribution in [0.5, 0.6) is 0 Å². The summed E-state index contributed by atoms with van der Waals surface area (Å²) in [5.74, 6) is 0. The first kappa shape index (κ1) is 8.59. The summed E-state index contributed by atoms with van der Waals surface area (Å²) in [6, 6.07) is 0.300. The van der Waals surface area contributed by atoms with E-state index in [1.807, 2.05) is 0 Å². The van der Waals surface area contributed by atoms with E-state index in [0.29, 0.717) is 6.04 Å². The van der Waals surface area contributed by atoms with Gasteiger partial charge in [-0.3, -0.25) is 0 Å². The zero-order chi connectivity index (χ0) is 8.48. The summed E-state index contributed by atoms with van der Waals surface area (Å²) >= 11 is 0. The highest BCUT2D eigenvalue weighted by Gasteiger charge is 2.32. The second kappa shape index (κ2) is 2.85. The first-order valence-electron chi connectivity index (χ1n) is 3.48. The van der Waals surface area contributed by atoms with Crippen molar-refractivity contribution >= 4 is 0 Å². The Morgan fingerprint density at radius 3 is 2.36 bits per heavy atom. The molecule has 0 saturated heterocycles. The van der Waals surface area contributed by atoms with Gasteiger partial charge in [-0.15, -0.1) is 0 Å². The van der Waals surface area contributed by atoms with Crippen molar-refractivity contribution < 1.29 is 13.2 Å². The molecule has 4 heteroatoms. The summed E-state index contributed by atoms with van der Waals surface area (Å²) in [5.41, 5.74) is -0.690. The van der Waals surface area contributed by atoms with Gasteiger partial charge >= 0.3 is 6.18 Å². The van der Waals surface area contributed by atoms with Crippen LogP contribution in [0.15, 0.2) is 12.2 Å². The lowest BCUT2D eigenvalue weighted by molar-refractivity contribution is -0.0925. The number of nitrogens with one attached hydrogen (secondary N) is 1. The molecule has 0 aliphatic heterocycles. The molecule has 1 aliphatic rings.